The second kappa shape index (κ2) is 8.57. The highest BCUT2D eigenvalue weighted by molar-refractivity contribution is 7.98. The van der Waals surface area contributed by atoms with Gasteiger partial charge in [0.05, 0.1) is 6.20 Å². The van der Waals surface area contributed by atoms with Crippen LogP contribution in [0.15, 0.2) is 30.5 Å². The van der Waals surface area contributed by atoms with Gasteiger partial charge in [0, 0.05) is 24.4 Å². The van der Waals surface area contributed by atoms with Crippen molar-refractivity contribution in [3.05, 3.63) is 64.1 Å². The molecule has 0 aliphatic carbocycles. The summed E-state index contributed by atoms with van der Waals surface area (Å²) in [6.07, 6.45) is 5.45. The summed E-state index contributed by atoms with van der Waals surface area (Å²) in [6.45, 7) is 6.84. The van der Waals surface area contributed by atoms with Crippen molar-refractivity contribution in [2.75, 3.05) is 18.6 Å². The average molecular weight is 383 g/mol. The molecule has 3 rings (SSSR count). The molecule has 142 valence electrons. The summed E-state index contributed by atoms with van der Waals surface area (Å²) in [6, 6.07) is 8.39. The molecule has 0 bridgehead atoms. The van der Waals surface area contributed by atoms with Crippen molar-refractivity contribution in [3.8, 4) is 0 Å². The number of nitrogens with one attached hydrogen (secondary N) is 1. The zero-order valence-electron chi connectivity index (χ0n) is 16.4. The number of rotatable bonds is 7. The number of nitrogens with zero attached hydrogens (tertiary/aromatic N) is 3. The standard InChI is InChI=1S/C21H26N4OS/c1-14-8-5-6-9-17(14)12-18-15(2)24-20-19(13-23-25(20)16(18)3)21(26)22-10-7-11-27-4/h5-6,8-9,13H,7,10-12H2,1-4H3,(H,22,26). The van der Waals surface area contributed by atoms with Gasteiger partial charge in [0.15, 0.2) is 5.65 Å². The van der Waals surface area contributed by atoms with Crippen LogP contribution in [0.4, 0.5) is 0 Å². The van der Waals surface area contributed by atoms with Gasteiger partial charge in [-0.3, -0.25) is 4.79 Å². The van der Waals surface area contributed by atoms with Gasteiger partial charge in [-0.25, -0.2) is 9.50 Å². The maximum Gasteiger partial charge on any atom is 0.256 e. The van der Waals surface area contributed by atoms with E-state index in [0.29, 0.717) is 17.8 Å². The Morgan fingerprint density at radius 2 is 2.00 bits per heavy atom. The number of fused-ring (bicyclic) bond motifs is 1. The number of aryl methyl sites for hydroxylation is 3. The second-order valence-corrected chi connectivity index (χ2v) is 7.75. The molecule has 1 aromatic carbocycles. The Hall–Kier alpha value is -2.34. The molecule has 0 aliphatic rings. The third kappa shape index (κ3) is 4.16. The van der Waals surface area contributed by atoms with Gasteiger partial charge in [0.25, 0.3) is 5.91 Å². The van der Waals surface area contributed by atoms with Crippen molar-refractivity contribution in [2.24, 2.45) is 0 Å². The van der Waals surface area contributed by atoms with Crippen LogP contribution in [0.5, 0.6) is 0 Å². The van der Waals surface area contributed by atoms with Gasteiger partial charge in [0.2, 0.25) is 0 Å². The number of hydrogen-bond acceptors (Lipinski definition) is 4. The number of carbonyl (C=O) groups is 1. The molecule has 1 N–H and O–H groups in total. The summed E-state index contributed by atoms with van der Waals surface area (Å²) >= 11 is 1.78. The summed E-state index contributed by atoms with van der Waals surface area (Å²) < 4.78 is 1.79. The van der Waals surface area contributed by atoms with Crippen LogP contribution in [0.25, 0.3) is 5.65 Å². The lowest BCUT2D eigenvalue weighted by Crippen LogP contribution is -2.25. The van der Waals surface area contributed by atoms with Crippen molar-refractivity contribution >= 4 is 23.3 Å². The van der Waals surface area contributed by atoms with Gasteiger partial charge in [-0.1, -0.05) is 24.3 Å². The van der Waals surface area contributed by atoms with Gasteiger partial charge in [-0.05, 0) is 55.9 Å². The quantitative estimate of drug-likeness (QED) is 0.633. The molecule has 0 radical (unpaired) electrons. The number of aromatic nitrogens is 3. The minimum absolute atomic E-state index is 0.107. The molecule has 6 heteroatoms. The molecule has 0 saturated carbocycles. The van der Waals surface area contributed by atoms with Gasteiger partial charge >= 0.3 is 0 Å². The summed E-state index contributed by atoms with van der Waals surface area (Å²) in [5.41, 5.74) is 6.84. The Balaban J connectivity index is 1.90. The van der Waals surface area contributed by atoms with E-state index in [-0.39, 0.29) is 5.91 Å². The zero-order chi connectivity index (χ0) is 19.4. The first kappa shape index (κ1) is 19.4. The van der Waals surface area contributed by atoms with Crippen LogP contribution in [0.2, 0.25) is 0 Å². The number of hydrogen-bond donors (Lipinski definition) is 1. The first-order valence-electron chi connectivity index (χ1n) is 9.18. The van der Waals surface area contributed by atoms with Gasteiger partial charge in [-0.2, -0.15) is 16.9 Å². The molecule has 5 nitrogen and oxygen atoms in total. The van der Waals surface area contributed by atoms with E-state index in [1.807, 2.05) is 13.8 Å². The van der Waals surface area contributed by atoms with E-state index in [0.717, 1.165) is 35.5 Å². The lowest BCUT2D eigenvalue weighted by atomic mass is 9.99. The fraction of sp³-hybridized carbons (Fsp3) is 0.381. The maximum atomic E-state index is 12.5. The minimum atomic E-state index is -0.107. The summed E-state index contributed by atoms with van der Waals surface area (Å²) in [7, 11) is 0. The highest BCUT2D eigenvalue weighted by Gasteiger charge is 2.18. The van der Waals surface area contributed by atoms with Crippen LogP contribution in [0.1, 0.15) is 44.9 Å². The topological polar surface area (TPSA) is 59.3 Å². The molecule has 0 spiro atoms. The largest absolute Gasteiger partial charge is 0.352 e. The van der Waals surface area contributed by atoms with Gasteiger partial charge in [-0.15, -0.1) is 0 Å². The van der Waals surface area contributed by atoms with Crippen molar-refractivity contribution in [3.63, 3.8) is 0 Å². The Bertz CT molecular complexity index is 964. The monoisotopic (exact) mass is 382 g/mol. The molecule has 0 unspecified atom stereocenters. The van der Waals surface area contributed by atoms with Gasteiger partial charge in [0.1, 0.15) is 5.56 Å². The highest BCUT2D eigenvalue weighted by Crippen LogP contribution is 2.21. The third-order valence-electron chi connectivity index (χ3n) is 4.89. The van der Waals surface area contributed by atoms with E-state index in [1.165, 1.54) is 11.1 Å². The Morgan fingerprint density at radius 3 is 2.74 bits per heavy atom. The molecule has 2 heterocycles. The molecule has 3 aromatic rings. The summed E-state index contributed by atoms with van der Waals surface area (Å²) in [4.78, 5) is 17.2. The molecule has 1 amide bonds. The molecule has 0 atom stereocenters. The van der Waals surface area contributed by atoms with Crippen LogP contribution < -0.4 is 5.32 Å². The number of benzene rings is 1. The smallest absolute Gasteiger partial charge is 0.256 e. The van der Waals surface area contributed by atoms with E-state index < -0.39 is 0 Å². The number of amides is 1. The lowest BCUT2D eigenvalue weighted by molar-refractivity contribution is 0.0955. The highest BCUT2D eigenvalue weighted by atomic mass is 32.2. The van der Waals surface area contributed by atoms with Crippen LogP contribution in [0, 0.1) is 20.8 Å². The molecule has 0 aliphatic heterocycles. The normalized spacial score (nSPS) is 11.1. The molecule has 0 saturated heterocycles. The summed E-state index contributed by atoms with van der Waals surface area (Å²) in [5, 5.41) is 7.41. The van der Waals surface area contributed by atoms with E-state index in [9.17, 15) is 4.79 Å². The van der Waals surface area contributed by atoms with Crippen LogP contribution >= 0.6 is 11.8 Å². The van der Waals surface area contributed by atoms with Crippen molar-refractivity contribution in [1.82, 2.24) is 19.9 Å². The SMILES string of the molecule is CSCCCNC(=O)c1cnn2c(C)c(Cc3ccccc3C)c(C)nc12. The van der Waals surface area contributed by atoms with E-state index >= 15 is 0 Å². The molecule has 27 heavy (non-hydrogen) atoms. The second-order valence-electron chi connectivity index (χ2n) is 6.76. The molecular weight excluding hydrogens is 356 g/mol. The first-order valence-corrected chi connectivity index (χ1v) is 10.6. The molecule has 2 aromatic heterocycles. The lowest BCUT2D eigenvalue weighted by Gasteiger charge is -2.13. The van der Waals surface area contributed by atoms with Gasteiger partial charge < -0.3 is 5.32 Å². The van der Waals surface area contributed by atoms with E-state index in [1.54, 1.807) is 22.5 Å². The summed E-state index contributed by atoms with van der Waals surface area (Å²) in [5.74, 6) is 0.928. The van der Waals surface area contributed by atoms with Crippen molar-refractivity contribution < 1.29 is 4.79 Å². The Labute approximate surface area is 164 Å². The van der Waals surface area contributed by atoms with E-state index in [2.05, 4.69) is 47.9 Å². The third-order valence-corrected chi connectivity index (χ3v) is 5.59. The predicted molar refractivity (Wildman–Crippen MR) is 112 cm³/mol. The molecule has 0 fully saturated rings. The number of thioether (sulfide) groups is 1. The Kier molecular flexibility index (Phi) is 6.16. The first-order chi connectivity index (χ1) is 13.0. The predicted octanol–water partition coefficient (Wildman–Crippen LogP) is 3.73. The molecular formula is C21H26N4OS. The Morgan fingerprint density at radius 1 is 1.22 bits per heavy atom. The average Bonchev–Trinajstić information content (AvgIpc) is 3.07. The minimum Gasteiger partial charge on any atom is -0.352 e. The van der Waals surface area contributed by atoms with Crippen LogP contribution in [-0.2, 0) is 6.42 Å². The number of carbonyl (C=O) groups excluding carboxylic acids is 1. The van der Waals surface area contributed by atoms with Crippen LogP contribution in [0.3, 0.4) is 0 Å². The zero-order valence-corrected chi connectivity index (χ0v) is 17.2. The van der Waals surface area contributed by atoms with Crippen molar-refractivity contribution in [1.29, 1.82) is 0 Å². The fourth-order valence-corrected chi connectivity index (χ4v) is 3.67. The van der Waals surface area contributed by atoms with Crippen molar-refractivity contribution in [2.45, 2.75) is 33.6 Å². The van der Waals surface area contributed by atoms with E-state index in [4.69, 9.17) is 4.98 Å². The maximum absolute atomic E-state index is 12.5. The fourth-order valence-electron chi connectivity index (χ4n) is 3.24. The van der Waals surface area contributed by atoms with Crippen LogP contribution in [-0.4, -0.2) is 39.1 Å².